The first-order chi connectivity index (χ1) is 15.8. The predicted molar refractivity (Wildman–Crippen MR) is 128 cm³/mol. The number of aromatic nitrogens is 3. The number of carbonyl (C=O) groups is 2. The maximum Gasteiger partial charge on any atom is 0.337 e. The lowest BCUT2D eigenvalue weighted by atomic mass is 10.0. The normalized spacial score (nSPS) is 18.8. The van der Waals surface area contributed by atoms with Gasteiger partial charge in [0.05, 0.1) is 39.7 Å². The van der Waals surface area contributed by atoms with Gasteiger partial charge in [0.15, 0.2) is 16.1 Å². The van der Waals surface area contributed by atoms with E-state index in [0.29, 0.717) is 41.3 Å². The number of carboxylic acid groups (broad SMARTS) is 1. The number of amides is 1. The van der Waals surface area contributed by atoms with Crippen molar-refractivity contribution in [1.29, 1.82) is 0 Å². The minimum absolute atomic E-state index is 0.0342. The number of rotatable bonds is 7. The molecule has 1 aliphatic heterocycles. The molecule has 0 saturated carbocycles. The molecule has 3 aromatic rings. The quantitative estimate of drug-likeness (QED) is 0.460. The van der Waals surface area contributed by atoms with Crippen LogP contribution in [0.25, 0.3) is 10.2 Å². The fourth-order valence-electron chi connectivity index (χ4n) is 3.95. The van der Waals surface area contributed by atoms with Crippen molar-refractivity contribution in [2.24, 2.45) is 0 Å². The SMILES string of the molecule is CCc1[nH]c(C(=O)N[C@@H]2CCN(c3nc4cccc(C(=O)O)c4s3)C[C@@H]2OC(C)C)nc1Cl. The van der Waals surface area contributed by atoms with Gasteiger partial charge in [-0.15, -0.1) is 0 Å². The standard InChI is InChI=1S/C22H26ClN5O4S/c1-4-13-18(23)27-19(24-13)20(29)25-14-8-9-28(10-16(14)32-11(2)3)22-26-15-7-5-6-12(21(30)31)17(15)33-22/h5-7,11,14,16H,4,8-10H2,1-3H3,(H,24,27)(H,25,29)(H,30,31)/t14-,16+/m1/s1. The topological polar surface area (TPSA) is 120 Å². The number of halogens is 1. The van der Waals surface area contributed by atoms with Gasteiger partial charge < -0.3 is 25.0 Å². The average molecular weight is 492 g/mol. The van der Waals surface area contributed by atoms with E-state index in [2.05, 4.69) is 25.2 Å². The molecule has 1 amide bonds. The van der Waals surface area contributed by atoms with Crippen molar-refractivity contribution in [2.75, 3.05) is 18.0 Å². The molecular weight excluding hydrogens is 466 g/mol. The summed E-state index contributed by atoms with van der Waals surface area (Å²) in [5.41, 5.74) is 1.63. The number of aromatic carboxylic acids is 1. The molecule has 0 radical (unpaired) electrons. The van der Waals surface area contributed by atoms with E-state index in [9.17, 15) is 14.7 Å². The molecule has 2 atom stereocenters. The van der Waals surface area contributed by atoms with Gasteiger partial charge in [-0.05, 0) is 38.8 Å². The Kier molecular flexibility index (Phi) is 6.87. The summed E-state index contributed by atoms with van der Waals surface area (Å²) < 4.78 is 6.80. The second-order valence-electron chi connectivity index (χ2n) is 8.20. The minimum Gasteiger partial charge on any atom is -0.478 e. The van der Waals surface area contributed by atoms with Crippen molar-refractivity contribution in [3.63, 3.8) is 0 Å². The van der Waals surface area contributed by atoms with E-state index in [1.165, 1.54) is 11.3 Å². The molecule has 3 N–H and O–H groups in total. The van der Waals surface area contributed by atoms with Gasteiger partial charge in [-0.2, -0.15) is 0 Å². The number of ether oxygens (including phenoxy) is 1. The summed E-state index contributed by atoms with van der Waals surface area (Å²) in [7, 11) is 0. The number of hydrogen-bond donors (Lipinski definition) is 3. The van der Waals surface area contributed by atoms with Crippen molar-refractivity contribution in [3.05, 3.63) is 40.4 Å². The van der Waals surface area contributed by atoms with Crippen LogP contribution in [0.2, 0.25) is 5.15 Å². The lowest BCUT2D eigenvalue weighted by Crippen LogP contribution is -2.56. The zero-order valence-corrected chi connectivity index (χ0v) is 20.2. The molecule has 0 aliphatic carbocycles. The van der Waals surface area contributed by atoms with Crippen LogP contribution in [0.5, 0.6) is 0 Å². The molecule has 2 aromatic heterocycles. The van der Waals surface area contributed by atoms with E-state index >= 15 is 0 Å². The molecule has 0 unspecified atom stereocenters. The summed E-state index contributed by atoms with van der Waals surface area (Å²) in [5.74, 6) is -1.10. The zero-order chi connectivity index (χ0) is 23.7. The van der Waals surface area contributed by atoms with Gasteiger partial charge in [-0.1, -0.05) is 35.9 Å². The first kappa shape index (κ1) is 23.5. The van der Waals surface area contributed by atoms with Crippen molar-refractivity contribution in [2.45, 2.75) is 51.9 Å². The molecular formula is C22H26ClN5O4S. The summed E-state index contributed by atoms with van der Waals surface area (Å²) in [4.78, 5) is 38.2. The molecule has 1 aromatic carbocycles. The molecule has 33 heavy (non-hydrogen) atoms. The molecule has 0 bridgehead atoms. The van der Waals surface area contributed by atoms with Gasteiger partial charge in [0.2, 0.25) is 0 Å². The smallest absolute Gasteiger partial charge is 0.337 e. The number of carboxylic acids is 1. The maximum atomic E-state index is 12.8. The largest absolute Gasteiger partial charge is 0.478 e. The van der Waals surface area contributed by atoms with E-state index in [0.717, 1.165) is 10.8 Å². The zero-order valence-electron chi connectivity index (χ0n) is 18.6. The third-order valence-corrected chi connectivity index (χ3v) is 7.00. The summed E-state index contributed by atoms with van der Waals surface area (Å²) in [6, 6.07) is 4.89. The Morgan fingerprint density at radius 2 is 2.18 bits per heavy atom. The Hall–Kier alpha value is -2.69. The maximum absolute atomic E-state index is 12.8. The number of aromatic amines is 1. The van der Waals surface area contributed by atoms with Crippen molar-refractivity contribution in [1.82, 2.24) is 20.3 Å². The molecule has 176 valence electrons. The van der Waals surface area contributed by atoms with Gasteiger partial charge in [0.25, 0.3) is 5.91 Å². The Morgan fingerprint density at radius 3 is 2.85 bits per heavy atom. The third kappa shape index (κ3) is 4.97. The van der Waals surface area contributed by atoms with Crippen LogP contribution in [0.3, 0.4) is 0 Å². The van der Waals surface area contributed by atoms with Crippen molar-refractivity contribution in [3.8, 4) is 0 Å². The number of H-pyrrole nitrogens is 1. The van der Waals surface area contributed by atoms with Crippen LogP contribution in [0.4, 0.5) is 5.13 Å². The van der Waals surface area contributed by atoms with E-state index in [-0.39, 0.29) is 35.5 Å². The highest BCUT2D eigenvalue weighted by Gasteiger charge is 2.34. The number of fused-ring (bicyclic) bond motifs is 1. The molecule has 1 fully saturated rings. The number of nitrogens with zero attached hydrogens (tertiary/aromatic N) is 3. The van der Waals surface area contributed by atoms with Crippen LogP contribution < -0.4 is 10.2 Å². The fourth-order valence-corrected chi connectivity index (χ4v) is 5.32. The van der Waals surface area contributed by atoms with Crippen LogP contribution in [0, 0.1) is 0 Å². The van der Waals surface area contributed by atoms with E-state index in [4.69, 9.17) is 16.3 Å². The second kappa shape index (κ2) is 9.66. The molecule has 4 rings (SSSR count). The first-order valence-corrected chi connectivity index (χ1v) is 12.0. The van der Waals surface area contributed by atoms with Crippen LogP contribution in [0.15, 0.2) is 18.2 Å². The number of hydrogen-bond acceptors (Lipinski definition) is 7. The Bertz CT molecular complexity index is 1180. The number of thiazole rings is 1. The van der Waals surface area contributed by atoms with E-state index < -0.39 is 5.97 Å². The van der Waals surface area contributed by atoms with Crippen LogP contribution in [-0.4, -0.2) is 63.3 Å². The Morgan fingerprint density at radius 1 is 1.39 bits per heavy atom. The number of imidazole rings is 1. The number of anilines is 1. The number of carbonyl (C=O) groups excluding carboxylic acids is 1. The molecule has 3 heterocycles. The number of benzene rings is 1. The summed E-state index contributed by atoms with van der Waals surface area (Å²) >= 11 is 7.44. The summed E-state index contributed by atoms with van der Waals surface area (Å²) in [6.45, 7) is 7.00. The van der Waals surface area contributed by atoms with Crippen molar-refractivity contribution >= 4 is 50.2 Å². The molecule has 9 nitrogen and oxygen atoms in total. The van der Waals surface area contributed by atoms with E-state index in [1.807, 2.05) is 26.8 Å². The number of nitrogens with one attached hydrogen (secondary N) is 2. The van der Waals surface area contributed by atoms with Crippen LogP contribution in [-0.2, 0) is 11.2 Å². The van der Waals surface area contributed by atoms with Crippen LogP contribution in [0.1, 0.15) is 53.9 Å². The Balaban J connectivity index is 1.53. The minimum atomic E-state index is -0.970. The van der Waals surface area contributed by atoms with Gasteiger partial charge in [0, 0.05) is 13.1 Å². The number of piperidine rings is 1. The number of aryl methyl sites for hydroxylation is 1. The van der Waals surface area contributed by atoms with Gasteiger partial charge in [0.1, 0.15) is 0 Å². The van der Waals surface area contributed by atoms with Crippen molar-refractivity contribution < 1.29 is 19.4 Å². The van der Waals surface area contributed by atoms with Gasteiger partial charge >= 0.3 is 5.97 Å². The third-order valence-electron chi connectivity index (χ3n) is 5.52. The van der Waals surface area contributed by atoms with E-state index in [1.54, 1.807) is 12.1 Å². The summed E-state index contributed by atoms with van der Waals surface area (Å²) in [6.07, 6.45) is 0.986. The van der Waals surface area contributed by atoms with Gasteiger partial charge in [-0.3, -0.25) is 4.79 Å². The molecule has 1 saturated heterocycles. The first-order valence-electron chi connectivity index (χ1n) is 10.8. The summed E-state index contributed by atoms with van der Waals surface area (Å²) in [5, 5.41) is 13.6. The lowest BCUT2D eigenvalue weighted by molar-refractivity contribution is -0.0167. The second-order valence-corrected chi connectivity index (χ2v) is 9.54. The van der Waals surface area contributed by atoms with Gasteiger partial charge in [-0.25, -0.2) is 14.8 Å². The Labute approximate surface area is 200 Å². The fraction of sp³-hybridized carbons (Fsp3) is 0.455. The molecule has 11 heteroatoms. The highest BCUT2D eigenvalue weighted by atomic mass is 35.5. The van der Waals surface area contributed by atoms with Crippen LogP contribution >= 0.6 is 22.9 Å². The lowest BCUT2D eigenvalue weighted by Gasteiger charge is -2.39. The molecule has 0 spiro atoms. The highest BCUT2D eigenvalue weighted by Crippen LogP contribution is 2.33. The highest BCUT2D eigenvalue weighted by molar-refractivity contribution is 7.22. The molecule has 1 aliphatic rings. The predicted octanol–water partition coefficient (Wildman–Crippen LogP) is 3.74. The monoisotopic (exact) mass is 491 g/mol. The average Bonchev–Trinajstić information content (AvgIpc) is 3.37.